The molecule has 0 amide bonds. The average molecular weight is 257 g/mol. The van der Waals surface area contributed by atoms with Crippen LogP contribution in [0, 0.1) is 5.92 Å². The smallest absolute Gasteiger partial charge is 0.0480 e. The molecule has 3 heteroatoms. The minimum atomic E-state index is 0.330. The van der Waals surface area contributed by atoms with Crippen LogP contribution < -0.4 is 5.73 Å². The van der Waals surface area contributed by atoms with E-state index in [-0.39, 0.29) is 0 Å². The number of rotatable bonds is 10. The van der Waals surface area contributed by atoms with Crippen molar-refractivity contribution < 1.29 is 9.47 Å². The van der Waals surface area contributed by atoms with Crippen LogP contribution in [-0.2, 0) is 9.47 Å². The molecule has 1 saturated heterocycles. The molecule has 1 unspecified atom stereocenters. The summed E-state index contributed by atoms with van der Waals surface area (Å²) in [6, 6.07) is 0.330. The van der Waals surface area contributed by atoms with Crippen molar-refractivity contribution in [2.75, 3.05) is 26.4 Å². The van der Waals surface area contributed by atoms with Gasteiger partial charge in [0.1, 0.15) is 0 Å². The standard InChI is InChI=1S/C15H31NO2/c1-2-10-17-13-9-15(16)6-4-3-5-14-7-11-18-12-8-14/h14-15H,2-13,16H2,1H3. The Bertz CT molecular complexity index is 181. The van der Waals surface area contributed by atoms with Crippen molar-refractivity contribution in [1.82, 2.24) is 0 Å². The maximum atomic E-state index is 6.08. The maximum absolute atomic E-state index is 6.08. The van der Waals surface area contributed by atoms with Crippen LogP contribution in [0.1, 0.15) is 58.3 Å². The van der Waals surface area contributed by atoms with Gasteiger partial charge in [0.2, 0.25) is 0 Å². The van der Waals surface area contributed by atoms with Crippen LogP contribution in [0.3, 0.4) is 0 Å². The molecule has 1 atom stereocenters. The summed E-state index contributed by atoms with van der Waals surface area (Å²) in [5.41, 5.74) is 6.08. The summed E-state index contributed by atoms with van der Waals surface area (Å²) in [4.78, 5) is 0. The van der Waals surface area contributed by atoms with Gasteiger partial charge in [0, 0.05) is 32.5 Å². The Morgan fingerprint density at radius 1 is 1.17 bits per heavy atom. The zero-order valence-corrected chi connectivity index (χ0v) is 12.0. The summed E-state index contributed by atoms with van der Waals surface area (Å²) in [5, 5.41) is 0. The summed E-state index contributed by atoms with van der Waals surface area (Å²) >= 11 is 0. The quantitative estimate of drug-likeness (QED) is 0.612. The molecule has 0 aromatic carbocycles. The second-order valence-electron chi connectivity index (χ2n) is 5.50. The summed E-state index contributed by atoms with van der Waals surface area (Å²) in [7, 11) is 0. The number of hydrogen-bond donors (Lipinski definition) is 1. The first kappa shape index (κ1) is 15.9. The highest BCUT2D eigenvalue weighted by atomic mass is 16.5. The van der Waals surface area contributed by atoms with Crippen LogP contribution in [0.2, 0.25) is 0 Å². The van der Waals surface area contributed by atoms with Gasteiger partial charge in [0.05, 0.1) is 0 Å². The predicted molar refractivity (Wildman–Crippen MR) is 75.7 cm³/mol. The van der Waals surface area contributed by atoms with Crippen molar-refractivity contribution in [3.05, 3.63) is 0 Å². The first-order valence-corrected chi connectivity index (χ1v) is 7.74. The molecule has 2 N–H and O–H groups in total. The van der Waals surface area contributed by atoms with Crippen molar-refractivity contribution in [2.24, 2.45) is 11.7 Å². The van der Waals surface area contributed by atoms with E-state index in [2.05, 4.69) is 6.92 Å². The van der Waals surface area contributed by atoms with E-state index in [1.165, 1.54) is 32.1 Å². The monoisotopic (exact) mass is 257 g/mol. The van der Waals surface area contributed by atoms with E-state index in [9.17, 15) is 0 Å². The van der Waals surface area contributed by atoms with Crippen LogP contribution in [0.15, 0.2) is 0 Å². The fourth-order valence-electron chi connectivity index (χ4n) is 2.50. The molecule has 1 aliphatic heterocycles. The van der Waals surface area contributed by atoms with Gasteiger partial charge in [-0.05, 0) is 38.0 Å². The number of hydrogen-bond acceptors (Lipinski definition) is 3. The van der Waals surface area contributed by atoms with E-state index >= 15 is 0 Å². The van der Waals surface area contributed by atoms with E-state index in [1.807, 2.05) is 0 Å². The fraction of sp³-hybridized carbons (Fsp3) is 1.00. The van der Waals surface area contributed by atoms with Gasteiger partial charge in [-0.25, -0.2) is 0 Å². The predicted octanol–water partition coefficient (Wildman–Crippen LogP) is 3.12. The number of unbranched alkanes of at least 4 members (excludes halogenated alkanes) is 1. The SMILES string of the molecule is CCCOCCC(N)CCCCC1CCOCC1. The Morgan fingerprint density at radius 2 is 1.94 bits per heavy atom. The van der Waals surface area contributed by atoms with Gasteiger partial charge in [-0.2, -0.15) is 0 Å². The number of nitrogens with two attached hydrogens (primary N) is 1. The molecule has 0 saturated carbocycles. The largest absolute Gasteiger partial charge is 0.381 e. The molecule has 0 aliphatic carbocycles. The summed E-state index contributed by atoms with van der Waals surface area (Å²) < 4.78 is 10.8. The first-order valence-electron chi connectivity index (χ1n) is 7.74. The van der Waals surface area contributed by atoms with Crippen molar-refractivity contribution in [3.63, 3.8) is 0 Å². The highest BCUT2D eigenvalue weighted by Gasteiger charge is 2.13. The van der Waals surface area contributed by atoms with Crippen molar-refractivity contribution in [3.8, 4) is 0 Å². The van der Waals surface area contributed by atoms with E-state index in [0.29, 0.717) is 6.04 Å². The summed E-state index contributed by atoms with van der Waals surface area (Å²) in [6.07, 6.45) is 9.74. The van der Waals surface area contributed by atoms with Crippen molar-refractivity contribution >= 4 is 0 Å². The van der Waals surface area contributed by atoms with E-state index < -0.39 is 0 Å². The van der Waals surface area contributed by atoms with Crippen molar-refractivity contribution in [2.45, 2.75) is 64.3 Å². The molecule has 0 aromatic rings. The van der Waals surface area contributed by atoms with Crippen LogP contribution in [0.25, 0.3) is 0 Å². The Hall–Kier alpha value is -0.120. The Balaban J connectivity index is 1.86. The molecule has 1 heterocycles. The second-order valence-corrected chi connectivity index (χ2v) is 5.50. The van der Waals surface area contributed by atoms with Crippen LogP contribution in [0.5, 0.6) is 0 Å². The normalized spacial score (nSPS) is 19.0. The van der Waals surface area contributed by atoms with Gasteiger partial charge in [-0.3, -0.25) is 0 Å². The molecule has 1 rings (SSSR count). The van der Waals surface area contributed by atoms with Gasteiger partial charge in [0.25, 0.3) is 0 Å². The molecule has 0 spiro atoms. The first-order chi connectivity index (χ1) is 8.83. The van der Waals surface area contributed by atoms with Gasteiger partial charge in [-0.1, -0.05) is 26.2 Å². The highest BCUT2D eigenvalue weighted by molar-refractivity contribution is 4.65. The Labute approximate surface area is 112 Å². The molecule has 0 radical (unpaired) electrons. The number of ether oxygens (including phenoxy) is 2. The van der Waals surface area contributed by atoms with Crippen LogP contribution in [0.4, 0.5) is 0 Å². The van der Waals surface area contributed by atoms with E-state index in [0.717, 1.165) is 51.6 Å². The molecular weight excluding hydrogens is 226 g/mol. The maximum Gasteiger partial charge on any atom is 0.0480 e. The topological polar surface area (TPSA) is 44.5 Å². The lowest BCUT2D eigenvalue weighted by Gasteiger charge is -2.22. The minimum absolute atomic E-state index is 0.330. The minimum Gasteiger partial charge on any atom is -0.381 e. The lowest BCUT2D eigenvalue weighted by molar-refractivity contribution is 0.0630. The molecular formula is C15H31NO2. The third-order valence-electron chi connectivity index (χ3n) is 3.76. The molecule has 1 fully saturated rings. The van der Waals surface area contributed by atoms with Gasteiger partial charge >= 0.3 is 0 Å². The van der Waals surface area contributed by atoms with Crippen LogP contribution in [-0.4, -0.2) is 32.5 Å². The van der Waals surface area contributed by atoms with Crippen LogP contribution >= 0.6 is 0 Å². The summed E-state index contributed by atoms with van der Waals surface area (Å²) in [5.74, 6) is 0.905. The van der Waals surface area contributed by atoms with Gasteiger partial charge in [0.15, 0.2) is 0 Å². The second kappa shape index (κ2) is 10.8. The summed E-state index contributed by atoms with van der Waals surface area (Å²) in [6.45, 7) is 5.78. The molecule has 1 aliphatic rings. The average Bonchev–Trinajstić information content (AvgIpc) is 2.41. The lowest BCUT2D eigenvalue weighted by atomic mass is 9.93. The molecule has 0 bridgehead atoms. The molecule has 18 heavy (non-hydrogen) atoms. The highest BCUT2D eigenvalue weighted by Crippen LogP contribution is 2.21. The third kappa shape index (κ3) is 8.06. The van der Waals surface area contributed by atoms with E-state index in [4.69, 9.17) is 15.2 Å². The Kier molecular flexibility index (Phi) is 9.54. The zero-order chi connectivity index (χ0) is 13.1. The Morgan fingerprint density at radius 3 is 2.67 bits per heavy atom. The lowest BCUT2D eigenvalue weighted by Crippen LogP contribution is -2.22. The fourth-order valence-corrected chi connectivity index (χ4v) is 2.50. The molecule has 0 aromatic heterocycles. The molecule has 108 valence electrons. The van der Waals surface area contributed by atoms with Gasteiger partial charge < -0.3 is 15.2 Å². The third-order valence-corrected chi connectivity index (χ3v) is 3.76. The van der Waals surface area contributed by atoms with Gasteiger partial charge in [-0.15, -0.1) is 0 Å². The van der Waals surface area contributed by atoms with E-state index in [1.54, 1.807) is 0 Å². The van der Waals surface area contributed by atoms with Crippen molar-refractivity contribution in [1.29, 1.82) is 0 Å². The molecule has 3 nitrogen and oxygen atoms in total. The zero-order valence-electron chi connectivity index (χ0n) is 12.0.